The Morgan fingerprint density at radius 1 is 1.11 bits per heavy atom. The lowest BCUT2D eigenvalue weighted by molar-refractivity contribution is -0.164. The Balaban J connectivity index is 1.11. The number of anilines is 1. The maximum Gasteiger partial charge on any atom is 0.255 e. The van der Waals surface area contributed by atoms with E-state index in [9.17, 15) is 4.79 Å². The molecule has 0 saturated carbocycles. The molecule has 2 saturated heterocycles. The molecular weight excluding hydrogens is 501 g/mol. The smallest absolute Gasteiger partial charge is 0.255 e. The molecule has 2 atom stereocenters. The first-order valence-electron chi connectivity index (χ1n) is 11.9. The minimum atomic E-state index is -0.944. The van der Waals surface area contributed by atoms with E-state index in [1.807, 2.05) is 42.2 Å². The van der Waals surface area contributed by atoms with Crippen LogP contribution in [0.25, 0.3) is 0 Å². The number of amides is 1. The summed E-state index contributed by atoms with van der Waals surface area (Å²) in [6.45, 7) is 5.48. The largest absolute Gasteiger partial charge is 0.491 e. The van der Waals surface area contributed by atoms with Gasteiger partial charge in [0.1, 0.15) is 18.5 Å². The molecule has 2 aromatic carbocycles. The Morgan fingerprint density at radius 2 is 1.89 bits per heavy atom. The SMILES string of the molecule is C[C@]1(c2ccc(Cl)cc2Cl)OC[C@@H](COc2ccc(N3CCN(C(=O)c4cccnc4)CC3)cc2)O1. The zero-order valence-electron chi connectivity index (χ0n) is 19.9. The van der Waals surface area contributed by atoms with Crippen molar-refractivity contribution in [2.24, 2.45) is 0 Å². The monoisotopic (exact) mass is 527 g/mol. The molecule has 2 aliphatic rings. The Bertz CT molecular complexity index is 1200. The number of benzene rings is 2. The Hall–Kier alpha value is -2.84. The molecule has 2 fully saturated rings. The number of nitrogens with zero attached hydrogens (tertiary/aromatic N) is 3. The van der Waals surface area contributed by atoms with E-state index in [0.29, 0.717) is 41.9 Å². The van der Waals surface area contributed by atoms with Crippen molar-refractivity contribution in [3.63, 3.8) is 0 Å². The van der Waals surface area contributed by atoms with Crippen LogP contribution in [0.4, 0.5) is 5.69 Å². The summed E-state index contributed by atoms with van der Waals surface area (Å²) in [5.41, 5.74) is 2.46. The van der Waals surface area contributed by atoms with Crippen LogP contribution in [0.1, 0.15) is 22.8 Å². The number of pyridine rings is 1. The van der Waals surface area contributed by atoms with Crippen molar-refractivity contribution in [1.82, 2.24) is 9.88 Å². The van der Waals surface area contributed by atoms with Gasteiger partial charge in [-0.2, -0.15) is 0 Å². The van der Waals surface area contributed by atoms with Crippen molar-refractivity contribution < 1.29 is 19.0 Å². The molecule has 1 aromatic heterocycles. The minimum absolute atomic E-state index is 0.0269. The number of halogens is 2. The third-order valence-electron chi connectivity index (χ3n) is 6.47. The summed E-state index contributed by atoms with van der Waals surface area (Å²) in [6, 6.07) is 16.8. The number of ether oxygens (including phenoxy) is 3. The number of hydrogen-bond donors (Lipinski definition) is 0. The van der Waals surface area contributed by atoms with Gasteiger partial charge in [0.2, 0.25) is 0 Å². The molecule has 0 unspecified atom stereocenters. The minimum Gasteiger partial charge on any atom is -0.491 e. The van der Waals surface area contributed by atoms with E-state index in [1.165, 1.54) is 0 Å². The molecule has 36 heavy (non-hydrogen) atoms. The van der Waals surface area contributed by atoms with Crippen molar-refractivity contribution in [1.29, 1.82) is 0 Å². The molecule has 3 aromatic rings. The van der Waals surface area contributed by atoms with Crippen molar-refractivity contribution in [2.45, 2.75) is 18.8 Å². The molecule has 9 heteroatoms. The van der Waals surface area contributed by atoms with Crippen molar-refractivity contribution in [3.05, 3.63) is 88.2 Å². The van der Waals surface area contributed by atoms with Gasteiger partial charge in [-0.1, -0.05) is 29.3 Å². The lowest BCUT2D eigenvalue weighted by Gasteiger charge is -2.36. The van der Waals surface area contributed by atoms with Crippen LogP contribution in [0.5, 0.6) is 5.75 Å². The lowest BCUT2D eigenvalue weighted by atomic mass is 10.1. The fourth-order valence-corrected chi connectivity index (χ4v) is 5.08. The van der Waals surface area contributed by atoms with E-state index in [-0.39, 0.29) is 12.0 Å². The van der Waals surface area contributed by atoms with Crippen LogP contribution in [0.2, 0.25) is 10.0 Å². The van der Waals surface area contributed by atoms with Gasteiger partial charge >= 0.3 is 0 Å². The summed E-state index contributed by atoms with van der Waals surface area (Å²) in [6.07, 6.45) is 3.06. The molecule has 0 spiro atoms. The van der Waals surface area contributed by atoms with Gasteiger partial charge in [0.25, 0.3) is 5.91 Å². The van der Waals surface area contributed by atoms with E-state index in [2.05, 4.69) is 9.88 Å². The number of rotatable bonds is 6. The van der Waals surface area contributed by atoms with E-state index in [0.717, 1.165) is 30.1 Å². The fourth-order valence-electron chi connectivity index (χ4n) is 4.50. The second kappa shape index (κ2) is 10.6. The summed E-state index contributed by atoms with van der Waals surface area (Å²) < 4.78 is 18.0. The molecular formula is C27H27Cl2N3O4. The van der Waals surface area contributed by atoms with Gasteiger partial charge in [0, 0.05) is 54.8 Å². The second-order valence-corrected chi connectivity index (χ2v) is 9.79. The van der Waals surface area contributed by atoms with Crippen LogP contribution in [0.15, 0.2) is 67.0 Å². The van der Waals surface area contributed by atoms with Crippen molar-refractivity contribution >= 4 is 34.8 Å². The summed E-state index contributed by atoms with van der Waals surface area (Å²) in [4.78, 5) is 20.8. The highest BCUT2D eigenvalue weighted by atomic mass is 35.5. The quantitative estimate of drug-likeness (QED) is 0.448. The third-order valence-corrected chi connectivity index (χ3v) is 7.02. The topological polar surface area (TPSA) is 64.1 Å². The first kappa shape index (κ1) is 24.8. The molecule has 188 valence electrons. The molecule has 0 bridgehead atoms. The van der Waals surface area contributed by atoms with Gasteiger partial charge in [0.15, 0.2) is 5.79 Å². The lowest BCUT2D eigenvalue weighted by Crippen LogP contribution is -2.48. The Kier molecular flexibility index (Phi) is 7.34. The molecule has 1 amide bonds. The maximum absolute atomic E-state index is 12.6. The summed E-state index contributed by atoms with van der Waals surface area (Å²) >= 11 is 12.4. The zero-order chi connectivity index (χ0) is 25.1. The summed E-state index contributed by atoms with van der Waals surface area (Å²) in [5.74, 6) is -0.162. The van der Waals surface area contributed by atoms with Gasteiger partial charge in [-0.25, -0.2) is 0 Å². The predicted molar refractivity (Wildman–Crippen MR) is 139 cm³/mol. The van der Waals surface area contributed by atoms with Crippen LogP contribution in [-0.2, 0) is 15.3 Å². The third kappa shape index (κ3) is 5.44. The van der Waals surface area contributed by atoms with Crippen LogP contribution < -0.4 is 9.64 Å². The van der Waals surface area contributed by atoms with E-state index in [1.54, 1.807) is 36.7 Å². The zero-order valence-corrected chi connectivity index (χ0v) is 21.4. The molecule has 3 heterocycles. The molecule has 5 rings (SSSR count). The Morgan fingerprint density at radius 3 is 2.58 bits per heavy atom. The molecule has 2 aliphatic heterocycles. The summed E-state index contributed by atoms with van der Waals surface area (Å²) in [7, 11) is 0. The van der Waals surface area contributed by atoms with Crippen LogP contribution in [-0.4, -0.2) is 61.3 Å². The maximum atomic E-state index is 12.6. The van der Waals surface area contributed by atoms with Gasteiger partial charge in [-0.05, 0) is 55.5 Å². The first-order valence-corrected chi connectivity index (χ1v) is 12.6. The van der Waals surface area contributed by atoms with E-state index in [4.69, 9.17) is 37.4 Å². The molecule has 7 nitrogen and oxygen atoms in total. The number of carbonyl (C=O) groups is 1. The highest BCUT2D eigenvalue weighted by Gasteiger charge is 2.40. The highest BCUT2D eigenvalue weighted by Crippen LogP contribution is 2.38. The number of aromatic nitrogens is 1. The Labute approximate surface area is 220 Å². The van der Waals surface area contributed by atoms with E-state index < -0.39 is 5.79 Å². The van der Waals surface area contributed by atoms with Gasteiger partial charge in [-0.15, -0.1) is 0 Å². The standard InChI is InChI=1S/C27H27Cl2N3O4/c1-27(24-9-4-20(28)15-25(24)29)35-18-23(36-27)17-34-22-7-5-21(6-8-22)31-11-13-32(14-12-31)26(33)19-3-2-10-30-16-19/h2-10,15-16,23H,11-14,17-18H2,1H3/t23-,27+/m1/s1. The van der Waals surface area contributed by atoms with Gasteiger partial charge < -0.3 is 24.0 Å². The summed E-state index contributed by atoms with van der Waals surface area (Å²) in [5, 5.41) is 1.07. The van der Waals surface area contributed by atoms with Gasteiger partial charge in [0.05, 0.1) is 17.2 Å². The highest BCUT2D eigenvalue weighted by molar-refractivity contribution is 6.35. The number of carbonyl (C=O) groups excluding carboxylic acids is 1. The van der Waals surface area contributed by atoms with Crippen molar-refractivity contribution in [3.8, 4) is 5.75 Å². The fraction of sp³-hybridized carbons (Fsp3) is 0.333. The van der Waals surface area contributed by atoms with Crippen LogP contribution in [0.3, 0.4) is 0 Å². The molecule has 0 radical (unpaired) electrons. The average Bonchev–Trinajstić information content (AvgIpc) is 3.29. The number of piperazine rings is 1. The molecule has 0 aliphatic carbocycles. The predicted octanol–water partition coefficient (Wildman–Crippen LogP) is 5.02. The second-order valence-electron chi connectivity index (χ2n) is 8.95. The average molecular weight is 528 g/mol. The van der Waals surface area contributed by atoms with Gasteiger partial charge in [-0.3, -0.25) is 9.78 Å². The van der Waals surface area contributed by atoms with Crippen LogP contribution in [0, 0.1) is 0 Å². The normalized spacial score (nSPS) is 22.0. The number of hydrogen-bond acceptors (Lipinski definition) is 6. The molecule has 0 N–H and O–H groups in total. The van der Waals surface area contributed by atoms with Crippen LogP contribution >= 0.6 is 23.2 Å². The van der Waals surface area contributed by atoms with E-state index >= 15 is 0 Å². The van der Waals surface area contributed by atoms with Crippen molar-refractivity contribution in [2.75, 3.05) is 44.3 Å². The first-order chi connectivity index (χ1) is 17.4.